The lowest BCUT2D eigenvalue weighted by molar-refractivity contribution is -0.138. The Balaban J connectivity index is 1.26. The Morgan fingerprint density at radius 2 is 1.76 bits per heavy atom. The Labute approximate surface area is 198 Å². The van der Waals surface area contributed by atoms with Crippen molar-refractivity contribution >= 4 is 21.7 Å². The Morgan fingerprint density at radius 3 is 2.35 bits per heavy atom. The molecule has 0 radical (unpaired) electrons. The van der Waals surface area contributed by atoms with Crippen LogP contribution in [-0.4, -0.2) is 99.9 Å². The lowest BCUT2D eigenvalue weighted by Crippen LogP contribution is -2.51. The quantitative estimate of drug-likeness (QED) is 0.601. The summed E-state index contributed by atoms with van der Waals surface area (Å²) in [4.78, 5) is 32.2. The van der Waals surface area contributed by atoms with Gasteiger partial charge in [-0.2, -0.15) is 0 Å². The summed E-state index contributed by atoms with van der Waals surface area (Å²) in [7, 11) is -2.98. The van der Waals surface area contributed by atoms with Crippen LogP contribution < -0.4 is 0 Å². The molecule has 1 N–H and O–H groups in total. The van der Waals surface area contributed by atoms with Crippen LogP contribution in [0.3, 0.4) is 0 Å². The molecule has 34 heavy (non-hydrogen) atoms. The highest BCUT2D eigenvalue weighted by Crippen LogP contribution is 2.33. The van der Waals surface area contributed by atoms with Crippen LogP contribution >= 0.6 is 0 Å². The first-order chi connectivity index (χ1) is 16.2. The van der Waals surface area contributed by atoms with E-state index in [0.717, 1.165) is 25.7 Å². The third-order valence-corrected chi connectivity index (χ3v) is 7.59. The molecule has 2 fully saturated rings. The average molecular weight is 491 g/mol. The number of aromatic carboxylic acids is 1. The van der Waals surface area contributed by atoms with E-state index in [1.54, 1.807) is 6.07 Å². The molecule has 1 saturated heterocycles. The van der Waals surface area contributed by atoms with Gasteiger partial charge < -0.3 is 10.0 Å². The van der Waals surface area contributed by atoms with E-state index in [0.29, 0.717) is 44.1 Å². The zero-order valence-electron chi connectivity index (χ0n) is 19.2. The third-order valence-electron chi connectivity index (χ3n) is 6.67. The molecule has 11 nitrogen and oxygen atoms in total. The van der Waals surface area contributed by atoms with Crippen molar-refractivity contribution in [3.05, 3.63) is 30.1 Å². The highest BCUT2D eigenvalue weighted by molar-refractivity contribution is 7.90. The molecule has 12 heteroatoms. The monoisotopic (exact) mass is 490 g/mol. The molecular weight excluding hydrogens is 460 g/mol. The fourth-order valence-corrected chi connectivity index (χ4v) is 5.17. The Hall–Kier alpha value is -2.86. The van der Waals surface area contributed by atoms with Crippen LogP contribution in [0.2, 0.25) is 0 Å². The number of hydrogen-bond acceptors (Lipinski definition) is 8. The number of carbonyl (C=O) groups is 2. The van der Waals surface area contributed by atoms with Gasteiger partial charge in [0.05, 0.1) is 29.2 Å². The second-order valence-electron chi connectivity index (χ2n) is 9.12. The molecule has 2 aromatic heterocycles. The molecule has 0 atom stereocenters. The molecule has 3 heterocycles. The van der Waals surface area contributed by atoms with E-state index in [9.17, 15) is 18.0 Å². The molecule has 2 aliphatic rings. The summed E-state index contributed by atoms with van der Waals surface area (Å²) in [5, 5.41) is 17.4. The van der Waals surface area contributed by atoms with E-state index in [1.807, 2.05) is 15.8 Å². The number of rotatable bonds is 7. The molecule has 0 unspecified atom stereocenters. The first-order valence-electron chi connectivity index (χ1n) is 11.5. The molecule has 0 spiro atoms. The standard InChI is InChI=1S/C22H30N6O5S/c1-34(32,33)13-12-26-8-10-27(11-9-26)21(29)16-2-5-18(6-3-16)28-15-20(24-25-28)19-7-4-17(14-23-19)22(30)31/h4,7,14-16,18H,2-3,5-6,8-13H2,1H3,(H,30,31). The maximum Gasteiger partial charge on any atom is 0.337 e. The number of carboxylic acids is 1. The van der Waals surface area contributed by atoms with Crippen molar-refractivity contribution < 1.29 is 23.1 Å². The van der Waals surface area contributed by atoms with E-state index in [2.05, 4.69) is 20.2 Å². The van der Waals surface area contributed by atoms with Crippen molar-refractivity contribution in [2.24, 2.45) is 5.92 Å². The number of pyridine rings is 1. The zero-order valence-corrected chi connectivity index (χ0v) is 20.0. The van der Waals surface area contributed by atoms with Crippen LogP contribution in [0.25, 0.3) is 11.4 Å². The number of sulfone groups is 1. The van der Waals surface area contributed by atoms with E-state index >= 15 is 0 Å². The summed E-state index contributed by atoms with van der Waals surface area (Å²) in [5.41, 5.74) is 1.27. The summed E-state index contributed by atoms with van der Waals surface area (Å²) in [6, 6.07) is 3.27. The molecule has 1 aliphatic carbocycles. The van der Waals surface area contributed by atoms with Crippen molar-refractivity contribution in [3.63, 3.8) is 0 Å². The van der Waals surface area contributed by atoms with E-state index in [-0.39, 0.29) is 29.2 Å². The van der Waals surface area contributed by atoms with Crippen molar-refractivity contribution in [2.45, 2.75) is 31.7 Å². The first kappa shape index (κ1) is 24.3. The van der Waals surface area contributed by atoms with Gasteiger partial charge in [0.25, 0.3) is 0 Å². The Bertz CT molecular complexity index is 1120. The van der Waals surface area contributed by atoms with Gasteiger partial charge in [0.1, 0.15) is 15.5 Å². The number of carbonyl (C=O) groups excluding carboxylic acids is 1. The second-order valence-corrected chi connectivity index (χ2v) is 11.4. The minimum absolute atomic E-state index is 0.00652. The minimum Gasteiger partial charge on any atom is -0.478 e. The summed E-state index contributed by atoms with van der Waals surface area (Å²) in [6.45, 7) is 3.22. The van der Waals surface area contributed by atoms with Crippen LogP contribution in [0, 0.1) is 5.92 Å². The van der Waals surface area contributed by atoms with E-state index in [4.69, 9.17) is 5.11 Å². The van der Waals surface area contributed by atoms with Crippen LogP contribution in [0.1, 0.15) is 42.1 Å². The number of amides is 1. The Kier molecular flexibility index (Phi) is 7.27. The topological polar surface area (TPSA) is 139 Å². The summed E-state index contributed by atoms with van der Waals surface area (Å²) < 4.78 is 24.6. The number of piperazine rings is 1. The van der Waals surface area contributed by atoms with Gasteiger partial charge in [0.2, 0.25) is 5.91 Å². The lowest BCUT2D eigenvalue weighted by Gasteiger charge is -2.37. The van der Waals surface area contributed by atoms with Crippen LogP contribution in [-0.2, 0) is 14.6 Å². The fraction of sp³-hybridized carbons (Fsp3) is 0.591. The van der Waals surface area contributed by atoms with Gasteiger partial charge in [-0.15, -0.1) is 5.10 Å². The van der Waals surface area contributed by atoms with Gasteiger partial charge in [-0.3, -0.25) is 14.7 Å². The number of nitrogens with zero attached hydrogens (tertiary/aromatic N) is 6. The average Bonchev–Trinajstić information content (AvgIpc) is 3.33. The number of aromatic nitrogens is 4. The molecule has 4 rings (SSSR count). The largest absolute Gasteiger partial charge is 0.478 e. The summed E-state index contributed by atoms with van der Waals surface area (Å²) >= 11 is 0. The predicted octanol–water partition coefficient (Wildman–Crippen LogP) is 0.958. The molecule has 2 aromatic rings. The second kappa shape index (κ2) is 10.2. The molecule has 1 amide bonds. The van der Waals surface area contributed by atoms with Gasteiger partial charge >= 0.3 is 5.97 Å². The maximum atomic E-state index is 13.0. The predicted molar refractivity (Wildman–Crippen MR) is 124 cm³/mol. The maximum absolute atomic E-state index is 13.0. The normalized spacial score (nSPS) is 22.0. The van der Waals surface area contributed by atoms with Gasteiger partial charge in [-0.25, -0.2) is 17.9 Å². The van der Waals surface area contributed by atoms with Gasteiger partial charge in [0, 0.05) is 51.1 Å². The molecule has 0 aromatic carbocycles. The molecular formula is C22H30N6O5S. The lowest BCUT2D eigenvalue weighted by atomic mass is 9.85. The van der Waals surface area contributed by atoms with Gasteiger partial charge in [-0.05, 0) is 37.8 Å². The minimum atomic E-state index is -2.98. The summed E-state index contributed by atoms with van der Waals surface area (Å²) in [5.74, 6) is -0.670. The van der Waals surface area contributed by atoms with Crippen molar-refractivity contribution in [1.82, 2.24) is 29.8 Å². The smallest absolute Gasteiger partial charge is 0.337 e. The number of hydrogen-bond donors (Lipinski definition) is 1. The van der Waals surface area contributed by atoms with Crippen LogP contribution in [0.15, 0.2) is 24.5 Å². The van der Waals surface area contributed by atoms with E-state index < -0.39 is 15.8 Å². The third kappa shape index (κ3) is 5.98. The highest BCUT2D eigenvalue weighted by atomic mass is 32.2. The number of carboxylic acid groups (broad SMARTS) is 1. The van der Waals surface area contributed by atoms with Gasteiger partial charge in [0.15, 0.2) is 0 Å². The van der Waals surface area contributed by atoms with Crippen LogP contribution in [0.4, 0.5) is 0 Å². The Morgan fingerprint density at radius 1 is 1.06 bits per heavy atom. The van der Waals surface area contributed by atoms with Gasteiger partial charge in [-0.1, -0.05) is 5.21 Å². The molecule has 1 saturated carbocycles. The summed E-state index contributed by atoms with van der Waals surface area (Å²) in [6.07, 6.45) is 7.62. The van der Waals surface area contributed by atoms with Crippen molar-refractivity contribution in [2.75, 3.05) is 44.7 Å². The van der Waals surface area contributed by atoms with Crippen LogP contribution in [0.5, 0.6) is 0 Å². The molecule has 1 aliphatic heterocycles. The van der Waals surface area contributed by atoms with Crippen molar-refractivity contribution in [3.8, 4) is 11.4 Å². The highest BCUT2D eigenvalue weighted by Gasteiger charge is 2.32. The molecule has 184 valence electrons. The first-order valence-corrected chi connectivity index (χ1v) is 13.6. The van der Waals surface area contributed by atoms with Crippen molar-refractivity contribution in [1.29, 1.82) is 0 Å². The molecule has 0 bridgehead atoms. The zero-order chi connectivity index (χ0) is 24.3. The fourth-order valence-electron chi connectivity index (χ4n) is 4.58. The SMILES string of the molecule is CS(=O)(=O)CCN1CCN(C(=O)C2CCC(n3cc(-c4ccc(C(=O)O)cn4)nn3)CC2)CC1. The van der Waals surface area contributed by atoms with E-state index in [1.165, 1.54) is 18.5 Å².